The Labute approximate surface area is 420 Å². The van der Waals surface area contributed by atoms with Gasteiger partial charge in [0.1, 0.15) is 0 Å². The van der Waals surface area contributed by atoms with Crippen molar-refractivity contribution in [1.82, 2.24) is 0 Å². The molecule has 0 saturated heterocycles. The van der Waals surface area contributed by atoms with Crippen LogP contribution in [0.25, 0.3) is 11.1 Å². The van der Waals surface area contributed by atoms with Crippen LogP contribution in [-0.4, -0.2) is 12.3 Å². The van der Waals surface area contributed by atoms with Gasteiger partial charge in [-0.3, -0.25) is 0 Å². The van der Waals surface area contributed by atoms with Crippen molar-refractivity contribution < 1.29 is 0 Å². The van der Waals surface area contributed by atoms with E-state index in [1.165, 1.54) is 131 Å². The first-order chi connectivity index (χ1) is 33.0. The molecule has 0 radical (unpaired) electrons. The monoisotopic (exact) mass is 918 g/mol. The smallest absolute Gasteiger partial charge is 0.252 e. The lowest BCUT2D eigenvalue weighted by molar-refractivity contribution is 0.195. The lowest BCUT2D eigenvalue weighted by atomic mass is 9.33. The van der Waals surface area contributed by atoms with Gasteiger partial charge in [-0.2, -0.15) is 0 Å². The molecule has 0 spiro atoms. The van der Waals surface area contributed by atoms with Crippen molar-refractivity contribution in [3.8, 4) is 11.1 Å². The third-order valence-corrected chi connectivity index (χ3v) is 18.1. The van der Waals surface area contributed by atoms with Gasteiger partial charge in [-0.15, -0.1) is 0 Å². The lowest BCUT2D eigenvalue weighted by Gasteiger charge is -2.50. The summed E-state index contributed by atoms with van der Waals surface area (Å²) in [4.78, 5) is 8.07. The zero-order chi connectivity index (χ0) is 49.2. The first-order valence-corrected chi connectivity index (χ1v) is 26.3. The van der Waals surface area contributed by atoms with Gasteiger partial charge in [-0.05, 0) is 170 Å². The number of fused-ring (bicyclic) bond motifs is 10. The number of benzene rings is 7. The molecule has 7 aromatic carbocycles. The third-order valence-electron chi connectivity index (χ3n) is 18.1. The van der Waals surface area contributed by atoms with Crippen LogP contribution >= 0.6 is 0 Å². The van der Waals surface area contributed by atoms with Gasteiger partial charge in [0.05, 0.1) is 5.54 Å². The molecule has 3 nitrogen and oxygen atoms in total. The average Bonchev–Trinajstić information content (AvgIpc) is 3.66. The number of anilines is 8. The second kappa shape index (κ2) is 14.8. The first-order valence-electron chi connectivity index (χ1n) is 26.3. The van der Waals surface area contributed by atoms with Crippen LogP contribution in [0.3, 0.4) is 0 Å². The normalized spacial score (nSPS) is 20.6. The quantitative estimate of drug-likeness (QED) is 0.164. The fraction of sp³-hybridized carbons (Fsp3) is 0.364. The van der Waals surface area contributed by atoms with Crippen molar-refractivity contribution >= 4 is 68.6 Å². The topological polar surface area (TPSA) is 9.72 Å². The Balaban J connectivity index is 1.14. The van der Waals surface area contributed by atoms with E-state index in [1.54, 1.807) is 0 Å². The highest BCUT2D eigenvalue weighted by Gasteiger charge is 2.58. The van der Waals surface area contributed by atoms with Crippen molar-refractivity contribution in [2.24, 2.45) is 0 Å². The largest absolute Gasteiger partial charge is 0.334 e. The Bertz CT molecular complexity index is 3330. The van der Waals surface area contributed by atoms with Crippen molar-refractivity contribution in [2.75, 3.05) is 14.7 Å². The Morgan fingerprint density at radius 1 is 0.443 bits per heavy atom. The molecule has 2 atom stereocenters. The molecule has 0 aromatic heterocycles. The van der Waals surface area contributed by atoms with Crippen molar-refractivity contribution in [3.63, 3.8) is 0 Å². The molecule has 2 unspecified atom stereocenters. The minimum Gasteiger partial charge on any atom is -0.334 e. The highest BCUT2D eigenvalue weighted by atomic mass is 15.3. The van der Waals surface area contributed by atoms with Gasteiger partial charge < -0.3 is 14.7 Å². The maximum atomic E-state index is 2.79. The van der Waals surface area contributed by atoms with Crippen LogP contribution in [0.1, 0.15) is 155 Å². The molecular formula is C66H72BN3. The molecule has 354 valence electrons. The van der Waals surface area contributed by atoms with Crippen LogP contribution in [-0.2, 0) is 27.1 Å². The highest BCUT2D eigenvalue weighted by molar-refractivity contribution is 7.00. The molecule has 7 aromatic rings. The molecule has 5 aliphatic rings. The number of hydrogen-bond acceptors (Lipinski definition) is 3. The minimum atomic E-state index is -0.138. The van der Waals surface area contributed by atoms with E-state index >= 15 is 0 Å². The molecule has 1 saturated carbocycles. The van der Waals surface area contributed by atoms with E-state index in [0.717, 1.165) is 6.42 Å². The van der Waals surface area contributed by atoms with Crippen LogP contribution in [0, 0.1) is 6.92 Å². The Kier molecular flexibility index (Phi) is 9.54. The molecule has 0 amide bonds. The Hall–Kier alpha value is -6.00. The van der Waals surface area contributed by atoms with E-state index in [0.29, 0.717) is 0 Å². The summed E-state index contributed by atoms with van der Waals surface area (Å²) < 4.78 is 0. The van der Waals surface area contributed by atoms with E-state index in [4.69, 9.17) is 0 Å². The number of rotatable bonds is 3. The number of aryl methyl sites for hydroxylation is 1. The van der Waals surface area contributed by atoms with Crippen molar-refractivity contribution in [3.05, 3.63) is 172 Å². The predicted octanol–water partition coefficient (Wildman–Crippen LogP) is 16.0. The minimum absolute atomic E-state index is 0.00176. The molecule has 0 bridgehead atoms. The van der Waals surface area contributed by atoms with Gasteiger partial charge in [-0.25, -0.2) is 0 Å². The summed E-state index contributed by atoms with van der Waals surface area (Å²) in [6.07, 6.45) is 4.87. The summed E-state index contributed by atoms with van der Waals surface area (Å²) in [6, 6.07) is 53.2. The SMILES string of the molecule is Cc1cc2c3c(c1)N(c1cccc(C(C)(C)C)c1)c1cc(C(C)(C)C)ccc1B3c1ccc(N3c4ccc(C(C)(C)C)cc4C4(C)CCCCC34C)cc1N2c1ccc2c(c1)C(C)(C)c1ccccc1-2. The van der Waals surface area contributed by atoms with Gasteiger partial charge in [0.15, 0.2) is 0 Å². The van der Waals surface area contributed by atoms with Gasteiger partial charge in [-0.1, -0.05) is 169 Å². The van der Waals surface area contributed by atoms with E-state index in [-0.39, 0.29) is 39.3 Å². The molecule has 4 heteroatoms. The standard InChI is InChI=1S/C66H72BN3/c1-41-34-58-60-59(35-41)69(46-26-28-49-48-22-15-16-23-50(48)64(11,12)51(49)39-46)57-40-47(70-55-31-25-43(62(5,6)7)37-52(55)65(13)32-17-18-33-66(65,70)14)27-30-54(57)67(60)53-29-24-44(63(8,9)10)38-56(53)68(58)45-21-19-20-42(36-45)61(2,3)4/h15-16,19-31,34-40H,17-18,32-33H2,1-14H3. The summed E-state index contributed by atoms with van der Waals surface area (Å²) in [5.41, 5.74) is 26.5. The molecule has 1 fully saturated rings. The molecule has 0 N–H and O–H groups in total. The fourth-order valence-electron chi connectivity index (χ4n) is 13.8. The number of nitrogens with zero attached hydrogens (tertiary/aromatic N) is 3. The average molecular weight is 918 g/mol. The zero-order valence-corrected chi connectivity index (χ0v) is 44.4. The maximum absolute atomic E-state index is 2.79. The predicted molar refractivity (Wildman–Crippen MR) is 302 cm³/mol. The van der Waals surface area contributed by atoms with Crippen molar-refractivity contribution in [2.45, 2.75) is 155 Å². The van der Waals surface area contributed by atoms with Gasteiger partial charge >= 0.3 is 0 Å². The van der Waals surface area contributed by atoms with E-state index in [2.05, 4.69) is 245 Å². The van der Waals surface area contributed by atoms with Gasteiger partial charge in [0, 0.05) is 56.3 Å². The van der Waals surface area contributed by atoms with E-state index in [1.807, 2.05) is 0 Å². The summed E-state index contributed by atoms with van der Waals surface area (Å²) in [6.45, 7) is 33.5. The summed E-state index contributed by atoms with van der Waals surface area (Å²) in [7, 11) is 0. The number of hydrogen-bond donors (Lipinski definition) is 0. The van der Waals surface area contributed by atoms with Crippen LogP contribution in [0.2, 0.25) is 0 Å². The molecule has 2 aliphatic carbocycles. The fourth-order valence-corrected chi connectivity index (χ4v) is 13.8. The van der Waals surface area contributed by atoms with Crippen LogP contribution in [0.5, 0.6) is 0 Å². The third kappa shape index (κ3) is 6.33. The second-order valence-corrected chi connectivity index (χ2v) is 25.9. The van der Waals surface area contributed by atoms with Crippen LogP contribution < -0.4 is 31.1 Å². The Morgan fingerprint density at radius 2 is 1.01 bits per heavy atom. The summed E-state index contributed by atoms with van der Waals surface area (Å²) in [5, 5.41) is 0. The molecule has 70 heavy (non-hydrogen) atoms. The maximum Gasteiger partial charge on any atom is 0.252 e. The van der Waals surface area contributed by atoms with E-state index in [9.17, 15) is 0 Å². The van der Waals surface area contributed by atoms with Crippen LogP contribution in [0.15, 0.2) is 133 Å². The summed E-state index contributed by atoms with van der Waals surface area (Å²) in [5.74, 6) is 0. The van der Waals surface area contributed by atoms with Gasteiger partial charge in [0.2, 0.25) is 0 Å². The second-order valence-electron chi connectivity index (χ2n) is 25.9. The van der Waals surface area contributed by atoms with Crippen LogP contribution in [0.4, 0.5) is 45.5 Å². The zero-order valence-electron chi connectivity index (χ0n) is 44.4. The lowest BCUT2D eigenvalue weighted by Crippen LogP contribution is -2.61. The summed E-state index contributed by atoms with van der Waals surface area (Å²) >= 11 is 0. The van der Waals surface area contributed by atoms with Crippen molar-refractivity contribution in [1.29, 1.82) is 0 Å². The molecule has 3 aliphatic heterocycles. The molecule has 3 heterocycles. The van der Waals surface area contributed by atoms with Gasteiger partial charge in [0.25, 0.3) is 6.71 Å². The highest BCUT2D eigenvalue weighted by Crippen LogP contribution is 2.62. The molecule has 12 rings (SSSR count). The Morgan fingerprint density at radius 3 is 1.71 bits per heavy atom. The molecular weight excluding hydrogens is 846 g/mol. The first kappa shape index (κ1) is 45.2. The van der Waals surface area contributed by atoms with E-state index < -0.39 is 0 Å².